The zero-order valence-corrected chi connectivity index (χ0v) is 21.0. The molecule has 7 heteroatoms. The molecule has 3 aromatic rings. The number of hydrogen-bond donors (Lipinski definition) is 0. The van der Waals surface area contributed by atoms with E-state index in [0.29, 0.717) is 22.3 Å². The third-order valence-corrected chi connectivity index (χ3v) is 6.70. The van der Waals surface area contributed by atoms with Gasteiger partial charge in [0.1, 0.15) is 23.9 Å². The van der Waals surface area contributed by atoms with Crippen LogP contribution in [0.4, 0.5) is 4.79 Å². The Morgan fingerprint density at radius 1 is 1.09 bits per heavy atom. The standard InChI is InChI=1S/C26H24BrNO4S/c1-16(2)21-10-4-17(3)14-23(21)31-13-12-28-25(29)24(33-26(28)30)15-20-9-11-22(32-20)18-5-7-19(27)8-6-18/h4-11,14-16H,12-13H2,1-3H3/b24-15-. The second kappa shape index (κ2) is 10.0. The molecule has 0 unspecified atom stereocenters. The molecule has 170 valence electrons. The second-order valence-corrected chi connectivity index (χ2v) is 10.00. The minimum Gasteiger partial charge on any atom is -0.491 e. The van der Waals surface area contributed by atoms with Gasteiger partial charge < -0.3 is 9.15 Å². The van der Waals surface area contributed by atoms with Crippen LogP contribution in [0.2, 0.25) is 0 Å². The molecule has 33 heavy (non-hydrogen) atoms. The van der Waals surface area contributed by atoms with Crippen LogP contribution in [0.25, 0.3) is 17.4 Å². The zero-order chi connectivity index (χ0) is 23.5. The molecule has 1 aromatic heterocycles. The summed E-state index contributed by atoms with van der Waals surface area (Å²) in [4.78, 5) is 26.8. The molecule has 2 aromatic carbocycles. The minimum absolute atomic E-state index is 0.190. The van der Waals surface area contributed by atoms with Crippen LogP contribution in [-0.4, -0.2) is 29.2 Å². The van der Waals surface area contributed by atoms with Crippen LogP contribution in [0, 0.1) is 6.92 Å². The van der Waals surface area contributed by atoms with Crippen molar-refractivity contribution in [2.75, 3.05) is 13.2 Å². The normalized spacial score (nSPS) is 15.2. The Bertz CT molecular complexity index is 1210. The maximum atomic E-state index is 12.8. The van der Waals surface area contributed by atoms with Crippen LogP contribution in [0.3, 0.4) is 0 Å². The van der Waals surface area contributed by atoms with Gasteiger partial charge in [-0.1, -0.05) is 54.0 Å². The number of thioether (sulfide) groups is 1. The Hall–Kier alpha value is -2.77. The molecule has 1 fully saturated rings. The molecule has 1 saturated heterocycles. The molecule has 0 atom stereocenters. The highest BCUT2D eigenvalue weighted by Crippen LogP contribution is 2.34. The Morgan fingerprint density at radius 3 is 2.58 bits per heavy atom. The van der Waals surface area contributed by atoms with Crippen LogP contribution in [-0.2, 0) is 4.79 Å². The monoisotopic (exact) mass is 525 g/mol. The third kappa shape index (κ3) is 5.42. The minimum atomic E-state index is -0.330. The lowest BCUT2D eigenvalue weighted by molar-refractivity contribution is -0.123. The maximum Gasteiger partial charge on any atom is 0.293 e. The van der Waals surface area contributed by atoms with Crippen LogP contribution >= 0.6 is 27.7 Å². The number of carbonyl (C=O) groups excluding carboxylic acids is 2. The number of amides is 2. The maximum absolute atomic E-state index is 12.8. The summed E-state index contributed by atoms with van der Waals surface area (Å²) in [6.45, 7) is 6.65. The van der Waals surface area contributed by atoms with Crippen LogP contribution in [0.1, 0.15) is 36.7 Å². The predicted octanol–water partition coefficient (Wildman–Crippen LogP) is 7.26. The van der Waals surface area contributed by atoms with Gasteiger partial charge in [0.05, 0.1) is 11.4 Å². The van der Waals surface area contributed by atoms with Crippen molar-refractivity contribution < 1.29 is 18.7 Å². The topological polar surface area (TPSA) is 59.8 Å². The molecule has 0 aliphatic carbocycles. The predicted molar refractivity (Wildman–Crippen MR) is 135 cm³/mol. The Kier molecular flexibility index (Phi) is 7.10. The van der Waals surface area contributed by atoms with Gasteiger partial charge in [0.25, 0.3) is 11.1 Å². The molecule has 2 heterocycles. The summed E-state index contributed by atoms with van der Waals surface area (Å²) in [5.74, 6) is 2.00. The highest BCUT2D eigenvalue weighted by molar-refractivity contribution is 9.10. The van der Waals surface area contributed by atoms with Gasteiger partial charge >= 0.3 is 0 Å². The van der Waals surface area contributed by atoms with E-state index in [0.717, 1.165) is 38.7 Å². The molecule has 0 saturated carbocycles. The number of hydrogen-bond acceptors (Lipinski definition) is 5. The lowest BCUT2D eigenvalue weighted by atomic mass is 10.0. The lowest BCUT2D eigenvalue weighted by Gasteiger charge is -2.17. The van der Waals surface area contributed by atoms with Crippen LogP contribution in [0.15, 0.2) is 68.4 Å². The number of nitrogens with zero attached hydrogens (tertiary/aromatic N) is 1. The van der Waals surface area contributed by atoms with Gasteiger partial charge in [-0.05, 0) is 66.1 Å². The van der Waals surface area contributed by atoms with Gasteiger partial charge in [0.15, 0.2) is 0 Å². The smallest absolute Gasteiger partial charge is 0.293 e. The first kappa shape index (κ1) is 23.4. The van der Waals surface area contributed by atoms with Crippen molar-refractivity contribution in [2.24, 2.45) is 0 Å². The number of ether oxygens (including phenoxy) is 1. The molecule has 0 bridgehead atoms. The van der Waals surface area contributed by atoms with E-state index in [9.17, 15) is 9.59 Å². The van der Waals surface area contributed by atoms with E-state index in [-0.39, 0.29) is 24.3 Å². The van der Waals surface area contributed by atoms with E-state index < -0.39 is 0 Å². The first-order chi connectivity index (χ1) is 15.8. The van der Waals surface area contributed by atoms with E-state index in [1.807, 2.05) is 43.3 Å². The summed E-state index contributed by atoms with van der Waals surface area (Å²) in [6, 6.07) is 17.5. The highest BCUT2D eigenvalue weighted by Gasteiger charge is 2.35. The van der Waals surface area contributed by atoms with Crippen molar-refractivity contribution in [1.29, 1.82) is 0 Å². The van der Waals surface area contributed by atoms with Crippen molar-refractivity contribution in [3.05, 3.63) is 80.9 Å². The van der Waals surface area contributed by atoms with Crippen molar-refractivity contribution in [2.45, 2.75) is 26.7 Å². The average molecular weight is 526 g/mol. The van der Waals surface area contributed by atoms with Gasteiger partial charge in [-0.2, -0.15) is 0 Å². The number of halogens is 1. The number of carbonyl (C=O) groups is 2. The highest BCUT2D eigenvalue weighted by atomic mass is 79.9. The third-order valence-electron chi connectivity index (χ3n) is 5.27. The van der Waals surface area contributed by atoms with E-state index in [4.69, 9.17) is 9.15 Å². The molecular weight excluding hydrogens is 502 g/mol. The summed E-state index contributed by atoms with van der Waals surface area (Å²) < 4.78 is 12.8. The fourth-order valence-electron chi connectivity index (χ4n) is 3.51. The summed E-state index contributed by atoms with van der Waals surface area (Å²) in [7, 11) is 0. The SMILES string of the molecule is Cc1ccc(C(C)C)c(OCCN2C(=O)S/C(=C\c3ccc(-c4ccc(Br)cc4)o3)C2=O)c1. The molecule has 2 amide bonds. The fraction of sp³-hybridized carbons (Fsp3) is 0.231. The number of imide groups is 1. The van der Waals surface area contributed by atoms with Crippen LogP contribution < -0.4 is 4.74 Å². The summed E-state index contributed by atoms with van der Waals surface area (Å²) >= 11 is 4.33. The molecule has 1 aliphatic rings. The van der Waals surface area contributed by atoms with Crippen LogP contribution in [0.5, 0.6) is 5.75 Å². The molecule has 1 aliphatic heterocycles. The van der Waals surface area contributed by atoms with Gasteiger partial charge in [-0.25, -0.2) is 0 Å². The second-order valence-electron chi connectivity index (χ2n) is 8.09. The van der Waals surface area contributed by atoms with Crippen molar-refractivity contribution in [1.82, 2.24) is 4.90 Å². The molecule has 0 spiro atoms. The Labute approximate surface area is 205 Å². The number of benzene rings is 2. The van der Waals surface area contributed by atoms with E-state index in [1.165, 1.54) is 4.90 Å². The van der Waals surface area contributed by atoms with Crippen molar-refractivity contribution in [3.63, 3.8) is 0 Å². The summed E-state index contributed by atoms with van der Waals surface area (Å²) in [5.41, 5.74) is 3.14. The van der Waals surface area contributed by atoms with E-state index in [1.54, 1.807) is 12.1 Å². The average Bonchev–Trinajstić information content (AvgIpc) is 3.34. The molecule has 0 radical (unpaired) electrons. The van der Waals surface area contributed by atoms with Gasteiger partial charge in [0, 0.05) is 16.1 Å². The van der Waals surface area contributed by atoms with E-state index in [2.05, 4.69) is 41.9 Å². The molecule has 4 rings (SSSR count). The van der Waals surface area contributed by atoms with Crippen molar-refractivity contribution >= 4 is 44.9 Å². The van der Waals surface area contributed by atoms with E-state index >= 15 is 0 Å². The summed E-state index contributed by atoms with van der Waals surface area (Å²) in [6.07, 6.45) is 1.62. The number of aryl methyl sites for hydroxylation is 1. The molecule has 0 N–H and O–H groups in total. The number of rotatable bonds is 7. The van der Waals surface area contributed by atoms with Gasteiger partial charge in [0.2, 0.25) is 0 Å². The quantitative estimate of drug-likeness (QED) is 0.304. The first-order valence-corrected chi connectivity index (χ1v) is 12.3. The Balaban J connectivity index is 1.42. The number of furan rings is 1. The van der Waals surface area contributed by atoms with Gasteiger partial charge in [-0.3, -0.25) is 14.5 Å². The Morgan fingerprint density at radius 2 is 1.85 bits per heavy atom. The molecular formula is C26H24BrNO4S. The van der Waals surface area contributed by atoms with Crippen molar-refractivity contribution in [3.8, 4) is 17.1 Å². The largest absolute Gasteiger partial charge is 0.491 e. The lowest BCUT2D eigenvalue weighted by Crippen LogP contribution is -2.32. The molecule has 5 nitrogen and oxygen atoms in total. The first-order valence-electron chi connectivity index (χ1n) is 10.7. The van der Waals surface area contributed by atoms with Gasteiger partial charge in [-0.15, -0.1) is 0 Å². The summed E-state index contributed by atoms with van der Waals surface area (Å²) in [5, 5.41) is -0.303. The zero-order valence-electron chi connectivity index (χ0n) is 18.6. The fourth-order valence-corrected chi connectivity index (χ4v) is 4.62.